The van der Waals surface area contributed by atoms with Crippen LogP contribution in [0, 0.1) is 0 Å². The molecule has 0 fully saturated rings. The van der Waals surface area contributed by atoms with Crippen LogP contribution in [0.1, 0.15) is 47.0 Å². The van der Waals surface area contributed by atoms with Gasteiger partial charge in [-0.05, 0) is 39.2 Å². The average molecular weight is 272 g/mol. The Balaban J connectivity index is 4.89. The van der Waals surface area contributed by atoms with Crippen LogP contribution in [0.4, 0.5) is 0 Å². The van der Waals surface area contributed by atoms with Crippen LogP contribution in [0.2, 0.25) is 0 Å². The van der Waals surface area contributed by atoms with Gasteiger partial charge in [0.25, 0.3) is 0 Å². The molecule has 0 amide bonds. The van der Waals surface area contributed by atoms with E-state index < -0.39 is 8.80 Å². The molecule has 0 aromatic rings. The minimum atomic E-state index is -2.81. The molecule has 0 aliphatic carbocycles. The predicted molar refractivity (Wildman–Crippen MR) is 78.4 cm³/mol. The molecule has 0 rings (SSSR count). The quantitative estimate of drug-likeness (QED) is 0.422. The van der Waals surface area contributed by atoms with Crippen molar-refractivity contribution in [1.29, 1.82) is 0 Å². The average Bonchev–Trinajstić information content (AvgIpc) is 2.35. The molecule has 0 N–H and O–H groups in total. The van der Waals surface area contributed by atoms with Gasteiger partial charge in [0.05, 0.1) is 0 Å². The Hall–Kier alpha value is -0.423. The Morgan fingerprint density at radius 1 is 0.889 bits per heavy atom. The standard InChI is InChI=1S/C14H28O3Si/c1-7-11-12-13(5)14(6)18(15-8-2,16-9-3)17-10-4/h5-12H2,1-4H3. The van der Waals surface area contributed by atoms with Crippen LogP contribution < -0.4 is 0 Å². The van der Waals surface area contributed by atoms with Crippen LogP contribution in [0.15, 0.2) is 23.9 Å². The molecule has 0 aromatic carbocycles. The van der Waals surface area contributed by atoms with E-state index in [1.54, 1.807) is 0 Å². The zero-order valence-corrected chi connectivity index (χ0v) is 13.4. The summed E-state index contributed by atoms with van der Waals surface area (Å²) in [6.45, 7) is 17.9. The van der Waals surface area contributed by atoms with E-state index in [1.165, 1.54) is 0 Å². The van der Waals surface area contributed by atoms with Crippen molar-refractivity contribution in [3.63, 3.8) is 0 Å². The van der Waals surface area contributed by atoms with Crippen molar-refractivity contribution in [1.82, 2.24) is 0 Å². The van der Waals surface area contributed by atoms with Gasteiger partial charge in [0.2, 0.25) is 0 Å². The fraction of sp³-hybridized carbons (Fsp3) is 0.714. The molecular weight excluding hydrogens is 244 g/mol. The normalized spacial score (nSPS) is 11.6. The monoisotopic (exact) mass is 272 g/mol. The Kier molecular flexibility index (Phi) is 9.28. The molecular formula is C14H28O3Si. The van der Waals surface area contributed by atoms with Gasteiger partial charge in [-0.3, -0.25) is 0 Å². The van der Waals surface area contributed by atoms with Gasteiger partial charge in [0.1, 0.15) is 0 Å². The van der Waals surface area contributed by atoms with Crippen LogP contribution in [0.5, 0.6) is 0 Å². The first kappa shape index (κ1) is 17.6. The van der Waals surface area contributed by atoms with Gasteiger partial charge in [0, 0.05) is 25.0 Å². The molecule has 4 heteroatoms. The highest BCUT2D eigenvalue weighted by atomic mass is 28.4. The summed E-state index contributed by atoms with van der Waals surface area (Å²) in [7, 11) is -2.81. The first-order valence-electron chi connectivity index (χ1n) is 6.87. The Bertz CT molecular complexity index is 247. The van der Waals surface area contributed by atoms with Crippen molar-refractivity contribution >= 4 is 8.80 Å². The highest BCUT2D eigenvalue weighted by Crippen LogP contribution is 2.27. The Morgan fingerprint density at radius 3 is 1.67 bits per heavy atom. The van der Waals surface area contributed by atoms with Gasteiger partial charge in [-0.25, -0.2) is 0 Å². The van der Waals surface area contributed by atoms with Crippen LogP contribution in [0.3, 0.4) is 0 Å². The summed E-state index contributed by atoms with van der Waals surface area (Å²) in [4.78, 5) is 0. The highest BCUT2D eigenvalue weighted by Gasteiger charge is 2.44. The summed E-state index contributed by atoms with van der Waals surface area (Å²) in [6, 6.07) is 0. The maximum Gasteiger partial charge on any atom is 0.536 e. The zero-order chi connectivity index (χ0) is 14.0. The number of allylic oxidation sites excluding steroid dienone is 2. The maximum atomic E-state index is 5.81. The molecule has 3 nitrogen and oxygen atoms in total. The van der Waals surface area contributed by atoms with Gasteiger partial charge in [0.15, 0.2) is 0 Å². The second kappa shape index (κ2) is 9.50. The minimum absolute atomic E-state index is 0.562. The molecule has 0 saturated heterocycles. The lowest BCUT2D eigenvalue weighted by molar-refractivity contribution is 0.0814. The van der Waals surface area contributed by atoms with E-state index in [0.717, 1.165) is 30.0 Å². The summed E-state index contributed by atoms with van der Waals surface area (Å²) >= 11 is 0. The third-order valence-electron chi connectivity index (χ3n) is 2.63. The summed E-state index contributed by atoms with van der Waals surface area (Å²) in [5.41, 5.74) is 0.999. The van der Waals surface area contributed by atoms with E-state index in [1.807, 2.05) is 20.8 Å². The van der Waals surface area contributed by atoms with Crippen molar-refractivity contribution in [2.24, 2.45) is 0 Å². The first-order valence-corrected chi connectivity index (χ1v) is 8.59. The van der Waals surface area contributed by atoms with Gasteiger partial charge in [-0.1, -0.05) is 26.5 Å². The summed E-state index contributed by atoms with van der Waals surface area (Å²) in [6.07, 6.45) is 3.17. The second-order valence-corrected chi connectivity index (χ2v) is 6.62. The van der Waals surface area contributed by atoms with E-state index in [-0.39, 0.29) is 0 Å². The van der Waals surface area contributed by atoms with E-state index in [2.05, 4.69) is 20.1 Å². The Morgan fingerprint density at radius 2 is 1.33 bits per heavy atom. The number of hydrogen-bond acceptors (Lipinski definition) is 3. The molecule has 106 valence electrons. The van der Waals surface area contributed by atoms with Crippen molar-refractivity contribution in [2.45, 2.75) is 47.0 Å². The van der Waals surface area contributed by atoms with Gasteiger partial charge < -0.3 is 13.3 Å². The lowest BCUT2D eigenvalue weighted by atomic mass is 10.1. The van der Waals surface area contributed by atoms with Crippen molar-refractivity contribution < 1.29 is 13.3 Å². The largest absolute Gasteiger partial charge is 0.536 e. The molecule has 0 radical (unpaired) electrons. The molecule has 0 bridgehead atoms. The fourth-order valence-electron chi connectivity index (χ4n) is 1.71. The molecule has 0 aromatic heterocycles. The van der Waals surface area contributed by atoms with Gasteiger partial charge in [-0.15, -0.1) is 0 Å². The lowest BCUT2D eigenvalue weighted by Crippen LogP contribution is -2.48. The molecule has 0 spiro atoms. The van der Waals surface area contributed by atoms with Gasteiger partial charge >= 0.3 is 8.80 Å². The number of rotatable bonds is 11. The van der Waals surface area contributed by atoms with Crippen molar-refractivity contribution in [2.75, 3.05) is 19.8 Å². The fourth-order valence-corrected chi connectivity index (χ4v) is 4.18. The van der Waals surface area contributed by atoms with Crippen LogP contribution in [-0.2, 0) is 13.3 Å². The highest BCUT2D eigenvalue weighted by molar-refractivity contribution is 6.69. The predicted octanol–water partition coefficient (Wildman–Crippen LogP) is 3.88. The van der Waals surface area contributed by atoms with Gasteiger partial charge in [-0.2, -0.15) is 0 Å². The summed E-state index contributed by atoms with van der Waals surface area (Å²) in [5.74, 6) is 0. The zero-order valence-electron chi connectivity index (χ0n) is 12.4. The van der Waals surface area contributed by atoms with Crippen LogP contribution in [-0.4, -0.2) is 28.6 Å². The third kappa shape index (κ3) is 5.06. The maximum absolute atomic E-state index is 5.81. The minimum Gasteiger partial charge on any atom is -0.370 e. The number of unbranched alkanes of at least 4 members (excludes halogenated alkanes) is 1. The second-order valence-electron chi connectivity index (χ2n) is 4.04. The van der Waals surface area contributed by atoms with E-state index in [4.69, 9.17) is 13.3 Å². The van der Waals surface area contributed by atoms with E-state index in [0.29, 0.717) is 19.8 Å². The molecule has 0 aliphatic rings. The van der Waals surface area contributed by atoms with Crippen molar-refractivity contribution in [3.8, 4) is 0 Å². The molecule has 0 saturated carbocycles. The van der Waals surface area contributed by atoms with Crippen LogP contribution in [0.25, 0.3) is 0 Å². The molecule has 0 heterocycles. The van der Waals surface area contributed by atoms with Crippen LogP contribution >= 0.6 is 0 Å². The van der Waals surface area contributed by atoms with E-state index in [9.17, 15) is 0 Å². The topological polar surface area (TPSA) is 27.7 Å². The molecule has 18 heavy (non-hydrogen) atoms. The molecule has 0 unspecified atom stereocenters. The smallest absolute Gasteiger partial charge is 0.370 e. The number of hydrogen-bond donors (Lipinski definition) is 0. The summed E-state index contributed by atoms with van der Waals surface area (Å²) < 4.78 is 17.4. The Labute approximate surface area is 113 Å². The third-order valence-corrected chi connectivity index (χ3v) is 5.73. The SMILES string of the molecule is C=C(CCCC)C(=C)[Si](OCC)(OCC)OCC. The first-order chi connectivity index (χ1) is 8.57. The molecule has 0 aliphatic heterocycles. The van der Waals surface area contributed by atoms with Crippen molar-refractivity contribution in [3.05, 3.63) is 23.9 Å². The van der Waals surface area contributed by atoms with E-state index >= 15 is 0 Å². The summed E-state index contributed by atoms with van der Waals surface area (Å²) in [5, 5.41) is 0.835. The lowest BCUT2D eigenvalue weighted by Gasteiger charge is -2.30. The molecule has 0 atom stereocenters.